The normalized spacial score (nSPS) is 32.6. The third kappa shape index (κ3) is 1.68. The van der Waals surface area contributed by atoms with E-state index in [1.165, 1.54) is 25.7 Å². The van der Waals surface area contributed by atoms with Crippen molar-refractivity contribution in [3.05, 3.63) is 35.9 Å². The van der Waals surface area contributed by atoms with E-state index in [-0.39, 0.29) is 0 Å². The van der Waals surface area contributed by atoms with Gasteiger partial charge in [0, 0.05) is 11.5 Å². The van der Waals surface area contributed by atoms with Gasteiger partial charge in [-0.1, -0.05) is 43.2 Å². The molecule has 1 aromatic carbocycles. The number of hydrogen-bond donors (Lipinski definition) is 0. The molecule has 1 unspecified atom stereocenters. The summed E-state index contributed by atoms with van der Waals surface area (Å²) in [7, 11) is 0. The lowest BCUT2D eigenvalue weighted by Crippen LogP contribution is -2.35. The molecule has 3 saturated carbocycles. The maximum absolute atomic E-state index is 12.4. The van der Waals surface area contributed by atoms with Crippen LogP contribution in [-0.4, -0.2) is 5.78 Å². The van der Waals surface area contributed by atoms with Gasteiger partial charge in [-0.25, -0.2) is 0 Å². The minimum Gasteiger partial charge on any atom is -0.294 e. The topological polar surface area (TPSA) is 17.1 Å². The van der Waals surface area contributed by atoms with Crippen molar-refractivity contribution in [2.75, 3.05) is 0 Å². The number of carbonyl (C=O) groups excluding carboxylic acids is 1. The van der Waals surface area contributed by atoms with Gasteiger partial charge in [0.25, 0.3) is 0 Å². The lowest BCUT2D eigenvalue weighted by Gasteiger charge is -2.41. The third-order valence-corrected chi connectivity index (χ3v) is 4.44. The summed E-state index contributed by atoms with van der Waals surface area (Å²) in [4.78, 5) is 12.4. The van der Waals surface area contributed by atoms with Crippen LogP contribution >= 0.6 is 0 Å². The Labute approximate surface area is 96.9 Å². The Morgan fingerprint density at radius 2 is 1.69 bits per heavy atom. The van der Waals surface area contributed by atoms with E-state index in [1.807, 2.05) is 30.3 Å². The van der Waals surface area contributed by atoms with Crippen molar-refractivity contribution in [3.8, 4) is 0 Å². The molecule has 1 aromatic rings. The lowest BCUT2D eigenvalue weighted by molar-refractivity contribution is 0.0621. The molecule has 4 rings (SSSR count). The molecule has 3 fully saturated rings. The third-order valence-electron chi connectivity index (χ3n) is 4.44. The summed E-state index contributed by atoms with van der Waals surface area (Å²) in [5, 5.41) is 0. The summed E-state index contributed by atoms with van der Waals surface area (Å²) in [6, 6.07) is 9.83. The highest BCUT2D eigenvalue weighted by Gasteiger charge is 2.39. The Bertz CT molecular complexity index is 374. The van der Waals surface area contributed by atoms with Crippen LogP contribution in [0.25, 0.3) is 0 Å². The second kappa shape index (κ2) is 4.04. The zero-order valence-corrected chi connectivity index (χ0v) is 9.56. The fourth-order valence-electron chi connectivity index (χ4n) is 3.52. The van der Waals surface area contributed by atoms with Gasteiger partial charge in [-0.05, 0) is 31.1 Å². The van der Waals surface area contributed by atoms with Crippen molar-refractivity contribution < 1.29 is 4.79 Å². The van der Waals surface area contributed by atoms with Crippen LogP contribution in [0.4, 0.5) is 0 Å². The number of rotatable bonds is 2. The average molecular weight is 214 g/mol. The first-order chi connectivity index (χ1) is 7.84. The molecule has 0 radical (unpaired) electrons. The molecular formula is C15H18O. The smallest absolute Gasteiger partial charge is 0.166 e. The Balaban J connectivity index is 1.81. The monoisotopic (exact) mass is 214 g/mol. The van der Waals surface area contributed by atoms with E-state index in [2.05, 4.69) is 0 Å². The standard InChI is InChI=1S/C15H18O/c16-15(13-4-2-1-3-5-13)14-10-11-6-8-12(14)9-7-11/h1-5,11-12,14H,6-10H2. The van der Waals surface area contributed by atoms with Crippen LogP contribution < -0.4 is 0 Å². The molecule has 0 spiro atoms. The van der Waals surface area contributed by atoms with Crippen molar-refractivity contribution >= 4 is 5.78 Å². The van der Waals surface area contributed by atoms with Crippen LogP contribution in [0.1, 0.15) is 42.5 Å². The van der Waals surface area contributed by atoms with E-state index in [9.17, 15) is 4.79 Å². The minimum absolute atomic E-state index is 0.329. The molecule has 0 aromatic heterocycles. The van der Waals surface area contributed by atoms with Crippen molar-refractivity contribution in [2.45, 2.75) is 32.1 Å². The first-order valence-electron chi connectivity index (χ1n) is 6.44. The Morgan fingerprint density at radius 3 is 2.25 bits per heavy atom. The maximum Gasteiger partial charge on any atom is 0.166 e. The number of ketones is 1. The molecule has 0 N–H and O–H groups in total. The van der Waals surface area contributed by atoms with Crippen LogP contribution in [-0.2, 0) is 0 Å². The summed E-state index contributed by atoms with van der Waals surface area (Å²) in [5.41, 5.74) is 0.917. The Kier molecular flexibility index (Phi) is 2.55. The first-order valence-corrected chi connectivity index (χ1v) is 6.44. The molecular weight excluding hydrogens is 196 g/mol. The van der Waals surface area contributed by atoms with Gasteiger partial charge < -0.3 is 0 Å². The second-order valence-electron chi connectivity index (χ2n) is 5.35. The predicted octanol–water partition coefficient (Wildman–Crippen LogP) is 3.70. The van der Waals surface area contributed by atoms with E-state index in [4.69, 9.17) is 0 Å². The Hall–Kier alpha value is -1.11. The van der Waals surface area contributed by atoms with Crippen molar-refractivity contribution in [3.63, 3.8) is 0 Å². The van der Waals surface area contributed by atoms with Crippen LogP contribution in [0, 0.1) is 17.8 Å². The molecule has 16 heavy (non-hydrogen) atoms. The molecule has 0 amide bonds. The number of hydrogen-bond acceptors (Lipinski definition) is 1. The second-order valence-corrected chi connectivity index (χ2v) is 5.35. The molecule has 84 valence electrons. The molecule has 3 aliphatic carbocycles. The fraction of sp³-hybridized carbons (Fsp3) is 0.533. The molecule has 2 bridgehead atoms. The lowest BCUT2D eigenvalue weighted by atomic mass is 9.63. The molecule has 3 aliphatic rings. The van der Waals surface area contributed by atoms with Gasteiger partial charge in [-0.3, -0.25) is 4.79 Å². The molecule has 0 aliphatic heterocycles. The quantitative estimate of drug-likeness (QED) is 0.686. The zero-order chi connectivity index (χ0) is 11.0. The summed E-state index contributed by atoms with van der Waals surface area (Å²) in [6.45, 7) is 0. The van der Waals surface area contributed by atoms with Crippen LogP contribution in [0.3, 0.4) is 0 Å². The van der Waals surface area contributed by atoms with Gasteiger partial charge in [0.05, 0.1) is 0 Å². The summed E-state index contributed by atoms with van der Waals surface area (Å²) < 4.78 is 0. The summed E-state index contributed by atoms with van der Waals surface area (Å²) in [5.74, 6) is 2.24. The van der Waals surface area contributed by atoms with Gasteiger partial charge in [-0.15, -0.1) is 0 Å². The van der Waals surface area contributed by atoms with Gasteiger partial charge >= 0.3 is 0 Å². The van der Waals surface area contributed by atoms with E-state index < -0.39 is 0 Å². The number of benzene rings is 1. The Morgan fingerprint density at radius 1 is 1.00 bits per heavy atom. The van der Waals surface area contributed by atoms with E-state index in [0.717, 1.165) is 17.9 Å². The highest BCUT2D eigenvalue weighted by molar-refractivity contribution is 5.98. The van der Waals surface area contributed by atoms with Crippen molar-refractivity contribution in [2.24, 2.45) is 17.8 Å². The van der Waals surface area contributed by atoms with Gasteiger partial charge in [0.15, 0.2) is 5.78 Å². The molecule has 1 nitrogen and oxygen atoms in total. The number of carbonyl (C=O) groups is 1. The van der Waals surface area contributed by atoms with Crippen LogP contribution in [0.5, 0.6) is 0 Å². The van der Waals surface area contributed by atoms with Gasteiger partial charge in [0.1, 0.15) is 0 Å². The minimum atomic E-state index is 0.329. The van der Waals surface area contributed by atoms with E-state index in [0.29, 0.717) is 17.6 Å². The summed E-state index contributed by atoms with van der Waals surface area (Å²) in [6.07, 6.45) is 6.45. The van der Waals surface area contributed by atoms with E-state index in [1.54, 1.807) is 0 Å². The largest absolute Gasteiger partial charge is 0.294 e. The highest BCUT2D eigenvalue weighted by atomic mass is 16.1. The van der Waals surface area contributed by atoms with Gasteiger partial charge in [-0.2, -0.15) is 0 Å². The summed E-state index contributed by atoms with van der Waals surface area (Å²) >= 11 is 0. The maximum atomic E-state index is 12.4. The SMILES string of the molecule is O=C(c1ccccc1)C1CC2CCC1CC2. The van der Waals surface area contributed by atoms with Crippen molar-refractivity contribution in [1.82, 2.24) is 0 Å². The first kappa shape index (κ1) is 10.1. The average Bonchev–Trinajstić information content (AvgIpc) is 2.40. The van der Waals surface area contributed by atoms with Crippen LogP contribution in [0.15, 0.2) is 30.3 Å². The van der Waals surface area contributed by atoms with Crippen LogP contribution in [0.2, 0.25) is 0 Å². The van der Waals surface area contributed by atoms with Gasteiger partial charge in [0.2, 0.25) is 0 Å². The van der Waals surface area contributed by atoms with Crippen molar-refractivity contribution in [1.29, 1.82) is 0 Å². The highest BCUT2D eigenvalue weighted by Crippen LogP contribution is 2.45. The van der Waals surface area contributed by atoms with E-state index >= 15 is 0 Å². The zero-order valence-electron chi connectivity index (χ0n) is 9.56. The number of fused-ring (bicyclic) bond motifs is 3. The molecule has 0 heterocycles. The molecule has 0 saturated heterocycles. The predicted molar refractivity (Wildman–Crippen MR) is 64.3 cm³/mol. The molecule has 1 atom stereocenters. The number of Topliss-reactive ketones (excluding diaryl/α,β-unsaturated/α-hetero) is 1. The molecule has 1 heteroatoms. The fourth-order valence-corrected chi connectivity index (χ4v) is 3.52.